The Hall–Kier alpha value is -2.42. The molecule has 1 aromatic carbocycles. The SMILES string of the molecule is COCc1c(C(O)C=O)cc2n(c1=O)Cc1c-2nc2cc(F)c(C)cc2c1CCCCBr. The number of carbonyl (C=O) groups excluding carboxylic acids is 1. The fourth-order valence-electron chi connectivity index (χ4n) is 4.41. The van der Waals surface area contributed by atoms with E-state index in [1.807, 2.05) is 6.07 Å². The molecule has 4 rings (SSSR count). The lowest BCUT2D eigenvalue weighted by atomic mass is 9.95. The van der Waals surface area contributed by atoms with Gasteiger partial charge in [0.2, 0.25) is 0 Å². The van der Waals surface area contributed by atoms with Crippen molar-refractivity contribution in [3.05, 3.63) is 62.2 Å². The minimum atomic E-state index is -1.44. The van der Waals surface area contributed by atoms with Gasteiger partial charge in [0.05, 0.1) is 30.1 Å². The zero-order valence-corrected chi connectivity index (χ0v) is 19.5. The lowest BCUT2D eigenvalue weighted by molar-refractivity contribution is -0.115. The summed E-state index contributed by atoms with van der Waals surface area (Å²) in [5.74, 6) is -0.334. The predicted octanol–water partition coefficient (Wildman–Crippen LogP) is 3.97. The summed E-state index contributed by atoms with van der Waals surface area (Å²) in [6.07, 6.45) is 1.64. The van der Waals surface area contributed by atoms with Crippen LogP contribution in [0.15, 0.2) is 23.0 Å². The highest BCUT2D eigenvalue weighted by atomic mass is 79.9. The van der Waals surface area contributed by atoms with E-state index in [0.29, 0.717) is 35.3 Å². The number of pyridine rings is 2. The number of carbonyl (C=O) groups is 1. The number of aliphatic hydroxyl groups is 1. The van der Waals surface area contributed by atoms with Crippen molar-refractivity contribution in [2.24, 2.45) is 0 Å². The predicted molar refractivity (Wildman–Crippen MR) is 124 cm³/mol. The van der Waals surface area contributed by atoms with Crippen molar-refractivity contribution >= 4 is 33.1 Å². The number of aliphatic hydroxyl groups excluding tert-OH is 1. The number of aryl methyl sites for hydroxylation is 2. The van der Waals surface area contributed by atoms with E-state index in [0.717, 1.165) is 41.1 Å². The fourth-order valence-corrected chi connectivity index (χ4v) is 4.81. The van der Waals surface area contributed by atoms with Crippen molar-refractivity contribution in [2.75, 3.05) is 12.4 Å². The molecule has 1 atom stereocenters. The Kier molecular flexibility index (Phi) is 6.55. The Morgan fingerprint density at radius 1 is 1.31 bits per heavy atom. The molecule has 3 aromatic rings. The van der Waals surface area contributed by atoms with E-state index in [9.17, 15) is 19.1 Å². The molecule has 0 amide bonds. The molecule has 1 aliphatic heterocycles. The van der Waals surface area contributed by atoms with Gasteiger partial charge in [-0.15, -0.1) is 0 Å². The van der Waals surface area contributed by atoms with E-state index in [1.165, 1.54) is 13.2 Å². The quantitative estimate of drug-likeness (QED) is 0.224. The first kappa shape index (κ1) is 22.8. The topological polar surface area (TPSA) is 81.4 Å². The van der Waals surface area contributed by atoms with E-state index in [1.54, 1.807) is 17.6 Å². The number of halogens is 2. The molecule has 0 radical (unpaired) electrons. The van der Waals surface area contributed by atoms with Crippen LogP contribution < -0.4 is 5.56 Å². The van der Waals surface area contributed by atoms with E-state index >= 15 is 0 Å². The number of fused-ring (bicyclic) bond motifs is 4. The van der Waals surface area contributed by atoms with Gasteiger partial charge >= 0.3 is 0 Å². The third-order valence-corrected chi connectivity index (χ3v) is 6.59. The van der Waals surface area contributed by atoms with Crippen LogP contribution in [0.1, 0.15) is 46.8 Å². The molecule has 0 saturated heterocycles. The second kappa shape index (κ2) is 9.21. The number of unbranched alkanes of at least 4 members (excludes halogenated alkanes) is 1. The minimum Gasteiger partial charge on any atom is -0.381 e. The van der Waals surface area contributed by atoms with Gasteiger partial charge in [0, 0.05) is 40.6 Å². The summed E-state index contributed by atoms with van der Waals surface area (Å²) in [6.45, 7) is 2.04. The molecule has 0 spiro atoms. The van der Waals surface area contributed by atoms with Crippen molar-refractivity contribution in [1.82, 2.24) is 9.55 Å². The van der Waals surface area contributed by atoms with Crippen molar-refractivity contribution in [2.45, 2.75) is 45.4 Å². The van der Waals surface area contributed by atoms with E-state index in [2.05, 4.69) is 15.9 Å². The second-order valence-electron chi connectivity index (χ2n) is 8.05. The summed E-state index contributed by atoms with van der Waals surface area (Å²) in [5.41, 5.74) is 4.31. The maximum absolute atomic E-state index is 14.4. The molecule has 3 heterocycles. The summed E-state index contributed by atoms with van der Waals surface area (Å²) in [4.78, 5) is 29.3. The molecule has 1 unspecified atom stereocenters. The van der Waals surface area contributed by atoms with Crippen LogP contribution in [0.3, 0.4) is 0 Å². The first-order valence-corrected chi connectivity index (χ1v) is 11.6. The summed E-state index contributed by atoms with van der Waals surface area (Å²) in [6, 6.07) is 4.89. The first-order valence-electron chi connectivity index (χ1n) is 10.5. The molecular formula is C24H24BrFN2O4. The largest absolute Gasteiger partial charge is 0.381 e. The van der Waals surface area contributed by atoms with Gasteiger partial charge in [-0.05, 0) is 49.4 Å². The number of aromatic nitrogens is 2. The Balaban J connectivity index is 1.99. The van der Waals surface area contributed by atoms with Gasteiger partial charge in [-0.2, -0.15) is 0 Å². The van der Waals surface area contributed by atoms with Crippen LogP contribution >= 0.6 is 15.9 Å². The molecule has 1 aliphatic rings. The van der Waals surface area contributed by atoms with Crippen LogP contribution in [0.25, 0.3) is 22.3 Å². The van der Waals surface area contributed by atoms with Gasteiger partial charge < -0.3 is 19.2 Å². The second-order valence-corrected chi connectivity index (χ2v) is 8.84. The lowest BCUT2D eigenvalue weighted by Crippen LogP contribution is -2.26. The number of aldehydes is 1. The molecule has 32 heavy (non-hydrogen) atoms. The summed E-state index contributed by atoms with van der Waals surface area (Å²) >= 11 is 3.47. The Labute approximate surface area is 193 Å². The number of methoxy groups -OCH3 is 1. The Morgan fingerprint density at radius 2 is 2.09 bits per heavy atom. The first-order chi connectivity index (χ1) is 15.4. The molecular weight excluding hydrogens is 479 g/mol. The van der Waals surface area contributed by atoms with Crippen LogP contribution in [0.2, 0.25) is 0 Å². The highest BCUT2D eigenvalue weighted by molar-refractivity contribution is 9.09. The molecule has 6 nitrogen and oxygen atoms in total. The van der Waals surface area contributed by atoms with Gasteiger partial charge in [0.25, 0.3) is 5.56 Å². The standard InChI is InChI=1S/C24H24BrFN2O4/c1-13-7-15-14(5-3-4-6-25)17-10-28-21(23(17)27-20(15)9-19(13)26)8-16(22(30)11-29)18(12-32-2)24(28)31/h7-9,11,22,30H,3-6,10,12H2,1-2H3. The smallest absolute Gasteiger partial charge is 0.257 e. The molecule has 0 fully saturated rings. The number of ether oxygens (including phenoxy) is 1. The number of hydrogen-bond acceptors (Lipinski definition) is 5. The lowest BCUT2D eigenvalue weighted by Gasteiger charge is -2.14. The van der Waals surface area contributed by atoms with E-state index in [4.69, 9.17) is 9.72 Å². The zero-order valence-electron chi connectivity index (χ0n) is 18.0. The molecule has 8 heteroatoms. The average molecular weight is 503 g/mol. The van der Waals surface area contributed by atoms with E-state index in [-0.39, 0.29) is 29.1 Å². The molecule has 2 aromatic heterocycles. The van der Waals surface area contributed by atoms with Gasteiger partial charge in [-0.25, -0.2) is 9.37 Å². The van der Waals surface area contributed by atoms with Gasteiger partial charge in [0.1, 0.15) is 11.9 Å². The number of hydrogen-bond donors (Lipinski definition) is 1. The molecule has 0 saturated carbocycles. The molecule has 0 bridgehead atoms. The Bertz CT molecular complexity index is 1270. The highest BCUT2D eigenvalue weighted by Gasteiger charge is 2.29. The normalized spacial score (nSPS) is 13.3. The number of nitrogens with zero attached hydrogens (tertiary/aromatic N) is 2. The van der Waals surface area contributed by atoms with Crippen molar-refractivity contribution in [3.8, 4) is 11.4 Å². The monoisotopic (exact) mass is 502 g/mol. The number of rotatable bonds is 8. The van der Waals surface area contributed by atoms with E-state index < -0.39 is 6.10 Å². The third kappa shape index (κ3) is 3.80. The number of alkyl halides is 1. The van der Waals surface area contributed by atoms with Crippen LogP contribution in [-0.2, 0) is 29.1 Å². The summed E-state index contributed by atoms with van der Waals surface area (Å²) in [5, 5.41) is 12.0. The van der Waals surface area contributed by atoms with Gasteiger partial charge in [0.15, 0.2) is 6.29 Å². The molecule has 1 N–H and O–H groups in total. The maximum atomic E-state index is 14.4. The minimum absolute atomic E-state index is 0.0202. The van der Waals surface area contributed by atoms with Crippen LogP contribution in [0, 0.1) is 12.7 Å². The third-order valence-electron chi connectivity index (χ3n) is 6.02. The average Bonchev–Trinajstić information content (AvgIpc) is 3.14. The Morgan fingerprint density at radius 3 is 2.78 bits per heavy atom. The van der Waals surface area contributed by atoms with Gasteiger partial charge in [-0.1, -0.05) is 15.9 Å². The molecule has 168 valence electrons. The van der Waals surface area contributed by atoms with Crippen LogP contribution in [-0.4, -0.2) is 33.4 Å². The van der Waals surface area contributed by atoms with Crippen molar-refractivity contribution in [3.63, 3.8) is 0 Å². The maximum Gasteiger partial charge on any atom is 0.257 e. The van der Waals surface area contributed by atoms with Gasteiger partial charge in [-0.3, -0.25) is 4.79 Å². The van der Waals surface area contributed by atoms with Crippen LogP contribution in [0.5, 0.6) is 0 Å². The summed E-state index contributed by atoms with van der Waals surface area (Å²) < 4.78 is 21.1. The zero-order chi connectivity index (χ0) is 23.0. The fraction of sp³-hybridized carbons (Fsp3) is 0.375. The number of benzene rings is 1. The van der Waals surface area contributed by atoms with Crippen LogP contribution in [0.4, 0.5) is 4.39 Å². The highest BCUT2D eigenvalue weighted by Crippen LogP contribution is 2.38. The molecule has 0 aliphatic carbocycles. The van der Waals surface area contributed by atoms with Crippen molar-refractivity contribution in [1.29, 1.82) is 0 Å². The summed E-state index contributed by atoms with van der Waals surface area (Å²) in [7, 11) is 1.45. The van der Waals surface area contributed by atoms with Crippen molar-refractivity contribution < 1.29 is 19.0 Å².